The van der Waals surface area contributed by atoms with E-state index in [0.717, 1.165) is 0 Å². The summed E-state index contributed by atoms with van der Waals surface area (Å²) in [5.74, 6) is 0. The third-order valence-corrected chi connectivity index (χ3v) is 0. The molecular formula is C6H15O3Tm. The molecule has 0 atom stereocenters. The van der Waals surface area contributed by atoms with Crippen LogP contribution in [-0.2, 0) is 0 Å². The second kappa shape index (κ2) is 49.6. The Balaban J connectivity index is -0.0000000257. The van der Waals surface area contributed by atoms with Crippen LogP contribution in [0, 0.1) is 36.9 Å². The van der Waals surface area contributed by atoms with E-state index in [1.807, 2.05) is 0 Å². The standard InChI is InChI=1S/3C2H5O.Tm/c3*1-2-3;/h3*2H2,1H3;/q3*-1;+3. The summed E-state index contributed by atoms with van der Waals surface area (Å²) < 4.78 is 0. The monoisotopic (exact) mass is 304 g/mol. The van der Waals surface area contributed by atoms with Gasteiger partial charge in [0, 0.05) is 0 Å². The minimum absolute atomic E-state index is 0. The van der Waals surface area contributed by atoms with Crippen LogP contribution in [0.4, 0.5) is 0 Å². The van der Waals surface area contributed by atoms with Gasteiger partial charge in [0.2, 0.25) is 0 Å². The summed E-state index contributed by atoms with van der Waals surface area (Å²) in [6.45, 7) is 4.71. The van der Waals surface area contributed by atoms with Gasteiger partial charge in [0.25, 0.3) is 0 Å². The molecular weight excluding hydrogens is 289 g/mol. The van der Waals surface area contributed by atoms with E-state index in [9.17, 15) is 0 Å². The molecule has 70 valence electrons. The van der Waals surface area contributed by atoms with Gasteiger partial charge in [-0.25, -0.2) is 0 Å². The second-order valence-electron chi connectivity index (χ2n) is 0.866. The van der Waals surface area contributed by atoms with Crippen molar-refractivity contribution in [1.82, 2.24) is 0 Å². The van der Waals surface area contributed by atoms with Gasteiger partial charge in [0.1, 0.15) is 0 Å². The van der Waals surface area contributed by atoms with Gasteiger partial charge in [-0.15, -0.1) is 19.8 Å². The van der Waals surface area contributed by atoms with Gasteiger partial charge in [-0.1, -0.05) is 20.8 Å². The summed E-state index contributed by atoms with van der Waals surface area (Å²) in [5.41, 5.74) is 0. The molecule has 0 unspecified atom stereocenters. The van der Waals surface area contributed by atoms with E-state index in [4.69, 9.17) is 15.3 Å². The van der Waals surface area contributed by atoms with Crippen molar-refractivity contribution < 1.29 is 52.2 Å². The Labute approximate surface area is 92.3 Å². The summed E-state index contributed by atoms with van der Waals surface area (Å²) in [4.78, 5) is 0. The Hall–Kier alpha value is 1.11. The molecule has 3 nitrogen and oxygen atoms in total. The Bertz CT molecular complexity index is 17.7. The molecule has 0 bridgehead atoms. The first kappa shape index (κ1) is 22.5. The third kappa shape index (κ3) is 484. The van der Waals surface area contributed by atoms with Crippen LogP contribution in [0.5, 0.6) is 0 Å². The normalized spacial score (nSPS) is 5.40. The Kier molecular flexibility index (Phi) is 112. The fourth-order valence-corrected chi connectivity index (χ4v) is 0. The molecule has 0 fully saturated rings. The van der Waals surface area contributed by atoms with E-state index < -0.39 is 0 Å². The maximum absolute atomic E-state index is 8.93. The van der Waals surface area contributed by atoms with Crippen LogP contribution in [0.15, 0.2) is 0 Å². The first-order chi connectivity index (χ1) is 4.24. The van der Waals surface area contributed by atoms with Gasteiger partial charge in [-0.2, -0.15) is 0 Å². The van der Waals surface area contributed by atoms with E-state index in [0.29, 0.717) is 0 Å². The van der Waals surface area contributed by atoms with Crippen LogP contribution in [0.3, 0.4) is 0 Å². The number of hydrogen-bond donors (Lipinski definition) is 0. The van der Waals surface area contributed by atoms with E-state index in [2.05, 4.69) is 0 Å². The van der Waals surface area contributed by atoms with Crippen molar-refractivity contribution in [2.75, 3.05) is 19.8 Å². The van der Waals surface area contributed by atoms with Crippen LogP contribution in [0.25, 0.3) is 0 Å². The van der Waals surface area contributed by atoms with Gasteiger partial charge in [-0.05, 0) is 0 Å². The zero-order valence-electron chi connectivity index (χ0n) is 6.62. The topological polar surface area (TPSA) is 69.2 Å². The average Bonchev–Trinajstić information content (AvgIpc) is 1.70. The zero-order chi connectivity index (χ0) is 8.12. The largest absolute Gasteiger partial charge is 3.00 e. The minimum Gasteiger partial charge on any atom is -0.855 e. The van der Waals surface area contributed by atoms with Crippen LogP contribution >= 0.6 is 0 Å². The van der Waals surface area contributed by atoms with Crippen molar-refractivity contribution in [3.63, 3.8) is 0 Å². The van der Waals surface area contributed by atoms with Crippen LogP contribution < -0.4 is 15.3 Å². The molecule has 0 amide bonds. The molecule has 0 spiro atoms. The number of rotatable bonds is 0. The zero-order valence-corrected chi connectivity index (χ0v) is 8.40. The molecule has 0 heterocycles. The molecule has 0 aromatic heterocycles. The van der Waals surface area contributed by atoms with Crippen LogP contribution in [0.2, 0.25) is 0 Å². The van der Waals surface area contributed by atoms with Gasteiger partial charge in [0.05, 0.1) is 0 Å². The molecule has 10 heavy (non-hydrogen) atoms. The second-order valence-corrected chi connectivity index (χ2v) is 0.866. The predicted molar refractivity (Wildman–Crippen MR) is 31.6 cm³/mol. The summed E-state index contributed by atoms with van der Waals surface area (Å²) in [6.07, 6.45) is 0. The maximum Gasteiger partial charge on any atom is 3.00 e. The third-order valence-electron chi connectivity index (χ3n) is 0. The van der Waals surface area contributed by atoms with E-state index >= 15 is 0 Å². The minimum atomic E-state index is 0. The van der Waals surface area contributed by atoms with E-state index in [-0.39, 0.29) is 56.7 Å². The Morgan fingerprint density at radius 2 is 0.700 bits per heavy atom. The molecule has 0 saturated heterocycles. The Morgan fingerprint density at radius 3 is 0.700 bits per heavy atom. The molecule has 4 heteroatoms. The van der Waals surface area contributed by atoms with Crippen molar-refractivity contribution in [2.24, 2.45) is 0 Å². The summed E-state index contributed by atoms with van der Waals surface area (Å²) in [7, 11) is 0. The fourth-order valence-electron chi connectivity index (χ4n) is 0. The first-order valence-corrected chi connectivity index (χ1v) is 2.99. The van der Waals surface area contributed by atoms with Crippen LogP contribution in [0.1, 0.15) is 20.8 Å². The molecule has 0 aliphatic heterocycles. The molecule has 0 N–H and O–H groups in total. The number of hydrogen-bond acceptors (Lipinski definition) is 3. The van der Waals surface area contributed by atoms with Crippen molar-refractivity contribution in [3.8, 4) is 0 Å². The fraction of sp³-hybridized carbons (Fsp3) is 1.00. The Morgan fingerprint density at radius 1 is 0.700 bits per heavy atom. The van der Waals surface area contributed by atoms with Crippen molar-refractivity contribution in [1.29, 1.82) is 0 Å². The first-order valence-electron chi connectivity index (χ1n) is 2.99. The molecule has 0 rings (SSSR count). The van der Waals surface area contributed by atoms with Crippen LogP contribution in [-0.4, -0.2) is 19.8 Å². The quantitative estimate of drug-likeness (QED) is 0.525. The molecule has 0 aliphatic carbocycles. The summed E-state index contributed by atoms with van der Waals surface area (Å²) in [6, 6.07) is 0. The molecule has 0 saturated carbocycles. The van der Waals surface area contributed by atoms with Gasteiger partial charge in [-0.3, -0.25) is 0 Å². The molecule has 0 aliphatic rings. The van der Waals surface area contributed by atoms with Crippen molar-refractivity contribution in [3.05, 3.63) is 0 Å². The summed E-state index contributed by atoms with van der Waals surface area (Å²) in [5, 5.41) is 26.8. The SMILES string of the molecule is CC[O-].CC[O-].CC[O-].[Tm+3]. The molecule has 0 aromatic carbocycles. The van der Waals surface area contributed by atoms with E-state index in [1.165, 1.54) is 0 Å². The average molecular weight is 304 g/mol. The predicted octanol–water partition coefficient (Wildman–Crippen LogP) is -1.90. The van der Waals surface area contributed by atoms with Gasteiger partial charge < -0.3 is 15.3 Å². The van der Waals surface area contributed by atoms with E-state index in [1.54, 1.807) is 20.8 Å². The molecule has 0 aromatic rings. The van der Waals surface area contributed by atoms with Crippen molar-refractivity contribution >= 4 is 0 Å². The summed E-state index contributed by atoms with van der Waals surface area (Å²) >= 11 is 0. The maximum atomic E-state index is 8.93. The molecule has 0 radical (unpaired) electrons. The van der Waals surface area contributed by atoms with Gasteiger partial charge in [0.15, 0.2) is 0 Å². The van der Waals surface area contributed by atoms with Gasteiger partial charge >= 0.3 is 36.9 Å². The van der Waals surface area contributed by atoms with Crippen molar-refractivity contribution in [2.45, 2.75) is 20.8 Å². The smallest absolute Gasteiger partial charge is 0.855 e.